The number of allylic oxidation sites excluding steroid dienone is 3. The van der Waals surface area contributed by atoms with E-state index in [0.717, 1.165) is 58.5 Å². The molecular weight excluding hydrogens is 513 g/mol. The molecule has 3 heterocycles. The second kappa shape index (κ2) is 12.0. The van der Waals surface area contributed by atoms with E-state index in [0.29, 0.717) is 22.9 Å². The molecule has 2 aromatic rings. The topological polar surface area (TPSA) is 89.5 Å². The van der Waals surface area contributed by atoms with Crippen molar-refractivity contribution in [2.75, 3.05) is 20.1 Å². The van der Waals surface area contributed by atoms with E-state index in [-0.39, 0.29) is 6.10 Å². The molecule has 2 aliphatic rings. The summed E-state index contributed by atoms with van der Waals surface area (Å²) in [5.74, 6) is 0. The van der Waals surface area contributed by atoms with Gasteiger partial charge in [-0.3, -0.25) is 9.21 Å². The molecular formula is C26H34N4O3S3. The predicted molar refractivity (Wildman–Crippen MR) is 151 cm³/mol. The van der Waals surface area contributed by atoms with E-state index >= 15 is 0 Å². The number of aliphatic hydroxyl groups is 1. The highest BCUT2D eigenvalue weighted by molar-refractivity contribution is 8.19. The Kier molecular flexibility index (Phi) is 8.95. The molecule has 0 saturated carbocycles. The monoisotopic (exact) mass is 546 g/mol. The Morgan fingerprint density at radius 3 is 2.75 bits per heavy atom. The fourth-order valence-corrected chi connectivity index (χ4v) is 7.63. The van der Waals surface area contributed by atoms with Crippen LogP contribution < -0.4 is 10.6 Å². The Labute approximate surface area is 221 Å². The van der Waals surface area contributed by atoms with Crippen LogP contribution in [0.3, 0.4) is 0 Å². The van der Waals surface area contributed by atoms with Gasteiger partial charge in [0.1, 0.15) is 9.24 Å². The van der Waals surface area contributed by atoms with E-state index in [1.165, 1.54) is 16.1 Å². The van der Waals surface area contributed by atoms with Crippen LogP contribution in [0.15, 0.2) is 46.2 Å². The molecule has 0 bridgehead atoms. The van der Waals surface area contributed by atoms with Crippen molar-refractivity contribution in [1.82, 2.24) is 19.2 Å². The van der Waals surface area contributed by atoms with E-state index in [1.807, 2.05) is 42.8 Å². The second-order valence-corrected chi connectivity index (χ2v) is 13.1. The molecule has 0 fully saturated rings. The van der Waals surface area contributed by atoms with Crippen molar-refractivity contribution in [3.8, 4) is 10.7 Å². The molecule has 2 aromatic heterocycles. The van der Waals surface area contributed by atoms with E-state index < -0.39 is 10.0 Å². The standard InChI is InChI=1S/C26H34N4O3S3/c1-4-13-30(17-20(31)5-2)18-21-16-27-26(35-21)22-15-19-10-6-7-11-23(25(19)28-22)29(3)36(32,33)24-12-8-9-14-34-24/h7,9-12,14-16,20,28,31H,4-6,8,13,17-18H2,1-3H3. The molecule has 1 aliphatic carbocycles. The molecule has 1 aliphatic heterocycles. The van der Waals surface area contributed by atoms with Crippen LogP contribution in [0.25, 0.3) is 22.5 Å². The summed E-state index contributed by atoms with van der Waals surface area (Å²) in [6, 6.07) is 2.05. The van der Waals surface area contributed by atoms with Gasteiger partial charge in [-0.1, -0.05) is 49.9 Å². The van der Waals surface area contributed by atoms with Crippen molar-refractivity contribution in [3.05, 3.63) is 61.7 Å². The number of thioether (sulfide) groups is 1. The zero-order valence-electron chi connectivity index (χ0n) is 21.0. The minimum atomic E-state index is -3.66. The van der Waals surface area contributed by atoms with Gasteiger partial charge in [0.05, 0.1) is 22.8 Å². The average molecular weight is 547 g/mol. The maximum absolute atomic E-state index is 13.3. The number of thiazole rings is 1. The van der Waals surface area contributed by atoms with Crippen LogP contribution in [0.2, 0.25) is 0 Å². The zero-order chi connectivity index (χ0) is 25.7. The Hall–Kier alpha value is -2.11. The Morgan fingerprint density at radius 2 is 2.03 bits per heavy atom. The number of sulfonamides is 1. The molecule has 1 unspecified atom stereocenters. The number of fused-ring (bicyclic) bond motifs is 1. The van der Waals surface area contributed by atoms with E-state index in [1.54, 1.807) is 24.5 Å². The van der Waals surface area contributed by atoms with Crippen molar-refractivity contribution in [3.63, 3.8) is 0 Å². The summed E-state index contributed by atoms with van der Waals surface area (Å²) in [5.41, 5.74) is 1.48. The predicted octanol–water partition coefficient (Wildman–Crippen LogP) is 3.72. The van der Waals surface area contributed by atoms with Gasteiger partial charge in [-0.25, -0.2) is 13.4 Å². The molecule has 36 heavy (non-hydrogen) atoms. The summed E-state index contributed by atoms with van der Waals surface area (Å²) in [7, 11) is -2.05. The van der Waals surface area contributed by atoms with Gasteiger partial charge in [-0.05, 0) is 55.0 Å². The summed E-state index contributed by atoms with van der Waals surface area (Å²) in [4.78, 5) is 11.5. The van der Waals surface area contributed by atoms with Crippen LogP contribution in [0.5, 0.6) is 0 Å². The highest BCUT2D eigenvalue weighted by atomic mass is 32.3. The van der Waals surface area contributed by atoms with Crippen LogP contribution in [-0.4, -0.2) is 58.9 Å². The van der Waals surface area contributed by atoms with Crippen LogP contribution in [0, 0.1) is 0 Å². The molecule has 4 rings (SSSR count). The van der Waals surface area contributed by atoms with E-state index in [4.69, 9.17) is 0 Å². The lowest BCUT2D eigenvalue weighted by Crippen LogP contribution is -2.34. The van der Waals surface area contributed by atoms with Gasteiger partial charge in [0.15, 0.2) is 0 Å². The smallest absolute Gasteiger partial charge is 0.270 e. The fourth-order valence-electron chi connectivity index (χ4n) is 4.20. The molecule has 7 nitrogen and oxygen atoms in total. The second-order valence-electron chi connectivity index (χ2n) is 8.89. The van der Waals surface area contributed by atoms with Gasteiger partial charge in [0.25, 0.3) is 10.0 Å². The molecule has 0 saturated heterocycles. The molecule has 0 aromatic carbocycles. The molecule has 1 atom stereocenters. The number of nitrogens with zero attached hydrogens (tertiary/aromatic N) is 3. The van der Waals surface area contributed by atoms with Crippen molar-refractivity contribution >= 4 is 44.9 Å². The Bertz CT molecular complexity index is 1390. The number of nitrogens with one attached hydrogen (secondary N) is 1. The highest BCUT2D eigenvalue weighted by Gasteiger charge is 2.26. The molecule has 0 amide bonds. The van der Waals surface area contributed by atoms with Crippen molar-refractivity contribution in [2.45, 2.75) is 52.2 Å². The number of aromatic amines is 1. The maximum atomic E-state index is 13.3. The van der Waals surface area contributed by atoms with Gasteiger partial charge in [0, 0.05) is 31.2 Å². The lowest BCUT2D eigenvalue weighted by molar-refractivity contribution is 0.106. The number of aromatic nitrogens is 2. The van der Waals surface area contributed by atoms with E-state index in [9.17, 15) is 13.5 Å². The first kappa shape index (κ1) is 26.9. The lowest BCUT2D eigenvalue weighted by atomic mass is 10.2. The minimum absolute atomic E-state index is 0.326. The third-order valence-corrected chi connectivity index (χ3v) is 10.4. The summed E-state index contributed by atoms with van der Waals surface area (Å²) < 4.78 is 28.4. The first-order valence-corrected chi connectivity index (χ1v) is 15.4. The van der Waals surface area contributed by atoms with Crippen LogP contribution >= 0.6 is 23.1 Å². The number of hydrogen-bond donors (Lipinski definition) is 2. The van der Waals surface area contributed by atoms with Gasteiger partial charge >= 0.3 is 0 Å². The molecule has 0 spiro atoms. The van der Waals surface area contributed by atoms with Crippen molar-refractivity contribution in [2.24, 2.45) is 0 Å². The molecule has 2 N–H and O–H groups in total. The maximum Gasteiger partial charge on any atom is 0.270 e. The first-order valence-electron chi connectivity index (χ1n) is 12.3. The number of hydrogen-bond acceptors (Lipinski definition) is 7. The summed E-state index contributed by atoms with van der Waals surface area (Å²) >= 11 is 2.86. The SMILES string of the molecule is CCCN(Cc1cnc(-c2cc3c([nH]2)=C(N(C)S(=O)(=O)C2=CCC=CS2)C=CCC=3)s1)CC(O)CC. The summed E-state index contributed by atoms with van der Waals surface area (Å²) in [6.45, 7) is 6.46. The fraction of sp³-hybridized carbons (Fsp3) is 0.423. The molecule has 10 heteroatoms. The Balaban J connectivity index is 1.64. The van der Waals surface area contributed by atoms with Crippen LogP contribution in [-0.2, 0) is 16.6 Å². The number of aliphatic hydroxyl groups excluding tert-OH is 1. The summed E-state index contributed by atoms with van der Waals surface area (Å²) in [5, 5.41) is 14.5. The van der Waals surface area contributed by atoms with Gasteiger partial charge in [0.2, 0.25) is 0 Å². The third kappa shape index (κ3) is 6.06. The highest BCUT2D eigenvalue weighted by Crippen LogP contribution is 2.31. The van der Waals surface area contributed by atoms with E-state index in [2.05, 4.69) is 27.9 Å². The first-order chi connectivity index (χ1) is 17.3. The largest absolute Gasteiger partial charge is 0.392 e. The van der Waals surface area contributed by atoms with Gasteiger partial charge in [-0.15, -0.1) is 11.3 Å². The number of likely N-dealkylation sites (N-methyl/N-ethyl adjacent to an activating group) is 1. The number of rotatable bonds is 11. The lowest BCUT2D eigenvalue weighted by Gasteiger charge is -2.23. The third-order valence-electron chi connectivity index (χ3n) is 6.15. The summed E-state index contributed by atoms with van der Waals surface area (Å²) in [6.07, 6.45) is 14.3. The van der Waals surface area contributed by atoms with Crippen molar-refractivity contribution < 1.29 is 13.5 Å². The van der Waals surface area contributed by atoms with Gasteiger partial charge < -0.3 is 10.1 Å². The molecule has 194 valence electrons. The van der Waals surface area contributed by atoms with Crippen molar-refractivity contribution in [1.29, 1.82) is 0 Å². The normalized spacial score (nSPS) is 16.5. The molecule has 0 radical (unpaired) electrons. The average Bonchev–Trinajstić information content (AvgIpc) is 3.47. The number of H-pyrrole nitrogens is 1. The van der Waals surface area contributed by atoms with Gasteiger partial charge in [-0.2, -0.15) is 0 Å². The Morgan fingerprint density at radius 1 is 1.22 bits per heavy atom. The van der Waals surface area contributed by atoms with Crippen LogP contribution in [0.1, 0.15) is 44.4 Å². The van der Waals surface area contributed by atoms with Crippen LogP contribution in [0.4, 0.5) is 0 Å². The zero-order valence-corrected chi connectivity index (χ0v) is 23.4. The quantitative estimate of drug-likeness (QED) is 0.447. The minimum Gasteiger partial charge on any atom is -0.392 e.